The Bertz CT molecular complexity index is 2040. The molecule has 0 fully saturated rings. The Morgan fingerprint density at radius 1 is 0.524 bits per heavy atom. The van der Waals surface area contributed by atoms with Gasteiger partial charge in [-0.3, -0.25) is 9.59 Å². The van der Waals surface area contributed by atoms with E-state index >= 15 is 0 Å². The van der Waals surface area contributed by atoms with Crippen LogP contribution in [-0.4, -0.2) is 56.1 Å². The number of carbonyl (C=O) groups excluding carboxylic acids is 1. The zero-order valence-electron chi connectivity index (χ0n) is 37.7. The summed E-state index contributed by atoms with van der Waals surface area (Å²) in [6, 6.07) is 26.9. The van der Waals surface area contributed by atoms with Crippen molar-refractivity contribution in [2.24, 2.45) is 0 Å². The summed E-state index contributed by atoms with van der Waals surface area (Å²) >= 11 is 3.62. The van der Waals surface area contributed by atoms with Crippen LogP contribution in [0.15, 0.2) is 94.7 Å². The number of carbonyl (C=O) groups is 2. The highest BCUT2D eigenvalue weighted by atomic mass is 32.2. The molecule has 63 heavy (non-hydrogen) atoms. The lowest BCUT2D eigenvalue weighted by Crippen LogP contribution is -2.36. The van der Waals surface area contributed by atoms with Crippen molar-refractivity contribution >= 4 is 35.5 Å². The van der Waals surface area contributed by atoms with E-state index in [0.717, 1.165) is 62.9 Å². The number of hydrogen-bond acceptors (Lipinski definition) is 9. The van der Waals surface area contributed by atoms with Crippen molar-refractivity contribution < 1.29 is 39.9 Å². The number of thioether (sulfide) groups is 2. The van der Waals surface area contributed by atoms with Crippen molar-refractivity contribution in [3.05, 3.63) is 107 Å². The van der Waals surface area contributed by atoms with Crippen LogP contribution in [0, 0.1) is 0 Å². The SMILES string of the molecule is CC1(c2ccc(O)cc2)CSc2cc(O)ccc2[C@H]1CCCCCCCCCC(=O)O.COC(=O)CCCCCCCCCC1c2ccc(O)cc2SCC1(C)c1ccc(O)cc1. The van der Waals surface area contributed by atoms with Gasteiger partial charge in [-0.05, 0) is 108 Å². The number of phenolic OH excluding ortho intramolecular Hbond substituents is 4. The molecule has 4 aromatic carbocycles. The highest BCUT2D eigenvalue weighted by molar-refractivity contribution is 7.99. The lowest BCUT2D eigenvalue weighted by Gasteiger charge is -2.43. The minimum absolute atomic E-state index is 0.0176. The fourth-order valence-corrected chi connectivity index (χ4v) is 12.3. The Kier molecular flexibility index (Phi) is 19.5. The highest BCUT2D eigenvalue weighted by Gasteiger charge is 2.42. The number of aromatic hydroxyl groups is 4. The van der Waals surface area contributed by atoms with E-state index < -0.39 is 5.97 Å². The smallest absolute Gasteiger partial charge is 0.305 e. The van der Waals surface area contributed by atoms with Crippen LogP contribution in [-0.2, 0) is 25.2 Å². The van der Waals surface area contributed by atoms with E-state index in [2.05, 4.69) is 42.8 Å². The minimum Gasteiger partial charge on any atom is -0.508 e. The van der Waals surface area contributed by atoms with Crippen LogP contribution in [0.1, 0.15) is 164 Å². The predicted octanol–water partition coefficient (Wildman–Crippen LogP) is 13.8. The van der Waals surface area contributed by atoms with Gasteiger partial charge in [0.1, 0.15) is 23.0 Å². The molecule has 0 aliphatic carbocycles. The normalized spacial score (nSPS) is 20.2. The lowest BCUT2D eigenvalue weighted by molar-refractivity contribution is -0.141. The summed E-state index contributed by atoms with van der Waals surface area (Å²) in [6.45, 7) is 4.67. The third-order valence-corrected chi connectivity index (χ3v) is 16.2. The van der Waals surface area contributed by atoms with Crippen molar-refractivity contribution in [2.75, 3.05) is 18.6 Å². The number of carboxylic acids is 1. The maximum Gasteiger partial charge on any atom is 0.305 e. The number of phenols is 4. The van der Waals surface area contributed by atoms with Crippen molar-refractivity contribution in [3.8, 4) is 23.0 Å². The monoisotopic (exact) mass is 898 g/mol. The van der Waals surface area contributed by atoms with Crippen molar-refractivity contribution in [2.45, 2.75) is 162 Å². The van der Waals surface area contributed by atoms with E-state index in [1.54, 1.807) is 42.1 Å². The third-order valence-electron chi connectivity index (χ3n) is 13.4. The van der Waals surface area contributed by atoms with Gasteiger partial charge >= 0.3 is 11.9 Å². The fourth-order valence-electron chi connectivity index (χ4n) is 9.53. The molecule has 0 aromatic heterocycles. The van der Waals surface area contributed by atoms with Crippen LogP contribution in [0.25, 0.3) is 0 Å². The molecule has 2 aliphatic rings. The molecule has 10 heteroatoms. The molecule has 0 saturated heterocycles. The Hall–Kier alpha value is -4.28. The summed E-state index contributed by atoms with van der Waals surface area (Å²) in [5, 5.41) is 48.1. The number of ether oxygens (including phenoxy) is 1. The van der Waals surface area contributed by atoms with Gasteiger partial charge in [0.15, 0.2) is 0 Å². The zero-order valence-corrected chi connectivity index (χ0v) is 39.3. The van der Waals surface area contributed by atoms with Crippen LogP contribution >= 0.6 is 23.5 Å². The number of rotatable bonds is 22. The average molecular weight is 899 g/mol. The average Bonchev–Trinajstić information content (AvgIpc) is 3.27. The second kappa shape index (κ2) is 24.7. The summed E-state index contributed by atoms with van der Waals surface area (Å²) in [5.74, 6) is 3.08. The van der Waals surface area contributed by atoms with Crippen LogP contribution in [0.3, 0.4) is 0 Å². The third kappa shape index (κ3) is 14.4. The largest absolute Gasteiger partial charge is 0.508 e. The number of hydrogen-bond donors (Lipinski definition) is 5. The first-order valence-electron chi connectivity index (χ1n) is 23.1. The number of esters is 1. The fraction of sp³-hybridized carbons (Fsp3) is 0.509. The maximum absolute atomic E-state index is 11.2. The van der Waals surface area contributed by atoms with Crippen molar-refractivity contribution in [1.82, 2.24) is 0 Å². The van der Waals surface area contributed by atoms with Gasteiger partial charge in [0, 0.05) is 45.0 Å². The lowest BCUT2D eigenvalue weighted by atomic mass is 9.68. The molecule has 0 saturated carbocycles. The molecule has 4 aromatic rings. The second-order valence-corrected chi connectivity index (χ2v) is 20.1. The molecule has 0 amide bonds. The molecule has 8 nitrogen and oxygen atoms in total. The van der Waals surface area contributed by atoms with Gasteiger partial charge in [-0.25, -0.2) is 0 Å². The van der Waals surface area contributed by atoms with E-state index in [9.17, 15) is 30.0 Å². The second-order valence-electron chi connectivity index (χ2n) is 18.1. The summed E-state index contributed by atoms with van der Waals surface area (Å²) in [5.41, 5.74) is 5.11. The molecule has 342 valence electrons. The van der Waals surface area contributed by atoms with Crippen LogP contribution < -0.4 is 0 Å². The topological polar surface area (TPSA) is 145 Å². The van der Waals surface area contributed by atoms with E-state index in [-0.39, 0.29) is 23.2 Å². The van der Waals surface area contributed by atoms with Gasteiger partial charge < -0.3 is 30.3 Å². The van der Waals surface area contributed by atoms with Crippen LogP contribution in [0.2, 0.25) is 0 Å². The van der Waals surface area contributed by atoms with Gasteiger partial charge in [0.05, 0.1) is 7.11 Å². The Morgan fingerprint density at radius 2 is 0.873 bits per heavy atom. The van der Waals surface area contributed by atoms with Crippen LogP contribution in [0.4, 0.5) is 0 Å². The first-order valence-corrected chi connectivity index (χ1v) is 25.1. The molecule has 3 unspecified atom stereocenters. The molecule has 0 spiro atoms. The first kappa shape index (κ1) is 49.7. The summed E-state index contributed by atoms with van der Waals surface area (Å²) in [7, 11) is 1.45. The number of carboxylic acid groups (broad SMARTS) is 1. The standard InChI is InChI=1S/C27H36O4S.C26H34O4S/c1-27(20-12-14-21(28)15-13-20)19-32-25-18-22(29)16-17-23(25)24(27)10-8-6-4-3-5-7-9-11-26(30)31-2;1-26(19-11-13-20(27)14-12-19)18-31-24-17-21(28)15-16-22(24)23(26)9-7-5-3-2-4-6-8-10-25(29)30/h12-18,24,28-29H,3-11,19H2,1-2H3;11-17,23,27-28H,2-10,18H2,1H3,(H,29,30)/t;23-,26?/m.1/s1. The van der Waals surface area contributed by atoms with Gasteiger partial charge in [-0.2, -0.15) is 0 Å². The number of unbranched alkanes of at least 4 members (excludes halogenated alkanes) is 12. The van der Waals surface area contributed by atoms with E-state index in [0.29, 0.717) is 41.3 Å². The van der Waals surface area contributed by atoms with Gasteiger partial charge in [-0.15, -0.1) is 23.5 Å². The van der Waals surface area contributed by atoms with Crippen molar-refractivity contribution in [1.29, 1.82) is 0 Å². The molecule has 6 rings (SSSR count). The molecule has 0 bridgehead atoms. The van der Waals surface area contributed by atoms with E-state index in [1.807, 2.05) is 42.1 Å². The molecule has 0 radical (unpaired) electrons. The number of aliphatic carboxylic acids is 1. The van der Waals surface area contributed by atoms with Gasteiger partial charge in [0.25, 0.3) is 0 Å². The predicted molar refractivity (Wildman–Crippen MR) is 257 cm³/mol. The van der Waals surface area contributed by atoms with E-state index in [4.69, 9.17) is 5.11 Å². The minimum atomic E-state index is -0.698. The van der Waals surface area contributed by atoms with Crippen LogP contribution in [0.5, 0.6) is 23.0 Å². The van der Waals surface area contributed by atoms with Gasteiger partial charge in [-0.1, -0.05) is 127 Å². The molecule has 2 aliphatic heterocycles. The molecule has 2 heterocycles. The zero-order chi connectivity index (χ0) is 45.2. The summed E-state index contributed by atoms with van der Waals surface area (Å²) in [6.07, 6.45) is 18.6. The summed E-state index contributed by atoms with van der Waals surface area (Å²) < 4.78 is 4.69. The summed E-state index contributed by atoms with van der Waals surface area (Å²) in [4.78, 5) is 24.1. The highest BCUT2D eigenvalue weighted by Crippen LogP contribution is 2.54. The number of benzene rings is 4. The maximum atomic E-state index is 11.2. The number of methoxy groups -OCH3 is 1. The molecular weight excluding hydrogens is 829 g/mol. The Labute approximate surface area is 384 Å². The molecular formula is C53H70O8S2. The number of fused-ring (bicyclic) bond motifs is 2. The Balaban J connectivity index is 0.000000238. The quantitative estimate of drug-likeness (QED) is 0.0382. The van der Waals surface area contributed by atoms with Crippen molar-refractivity contribution in [3.63, 3.8) is 0 Å². The Morgan fingerprint density at radius 3 is 1.25 bits per heavy atom. The first-order chi connectivity index (χ1) is 30.3. The van der Waals surface area contributed by atoms with Gasteiger partial charge in [0.2, 0.25) is 0 Å². The molecule has 5 N–H and O–H groups in total. The van der Waals surface area contributed by atoms with E-state index in [1.165, 1.54) is 90.5 Å². The molecule has 4 atom stereocenters.